The molecule has 0 heterocycles. The first-order valence-electron chi connectivity index (χ1n) is 10.7. The van der Waals surface area contributed by atoms with Gasteiger partial charge in [-0.2, -0.15) is 0 Å². The summed E-state index contributed by atoms with van der Waals surface area (Å²) in [5, 5.41) is 0.755. The maximum absolute atomic E-state index is 6.40. The zero-order chi connectivity index (χ0) is 21.7. The number of benzene rings is 3. The molecule has 0 aliphatic heterocycles. The highest BCUT2D eigenvalue weighted by Crippen LogP contribution is 2.48. The molecule has 1 atom stereocenters. The molecule has 1 aliphatic rings. The minimum atomic E-state index is 0.151. The van der Waals surface area contributed by atoms with Crippen molar-refractivity contribution in [2.75, 3.05) is 7.11 Å². The molecule has 0 N–H and O–H groups in total. The summed E-state index contributed by atoms with van der Waals surface area (Å²) in [6.45, 7) is 10.8. The topological polar surface area (TPSA) is 9.23 Å². The number of halogens is 1. The van der Waals surface area contributed by atoms with E-state index in [-0.39, 0.29) is 5.92 Å². The first-order chi connectivity index (χ1) is 14.5. The van der Waals surface area contributed by atoms with Crippen molar-refractivity contribution in [1.82, 2.24) is 0 Å². The third kappa shape index (κ3) is 4.47. The summed E-state index contributed by atoms with van der Waals surface area (Å²) in [4.78, 5) is 0. The molecule has 1 nitrogen and oxygen atoms in total. The summed E-state index contributed by atoms with van der Waals surface area (Å²) in [7, 11) is 1.74. The van der Waals surface area contributed by atoms with Crippen LogP contribution in [0.4, 0.5) is 0 Å². The van der Waals surface area contributed by atoms with Crippen LogP contribution in [0.1, 0.15) is 61.3 Å². The van der Waals surface area contributed by atoms with E-state index >= 15 is 0 Å². The van der Waals surface area contributed by atoms with Gasteiger partial charge in [-0.25, -0.2) is 0 Å². The van der Waals surface area contributed by atoms with Crippen LogP contribution in [0.15, 0.2) is 67.2 Å². The Bertz CT molecular complexity index is 1030. The van der Waals surface area contributed by atoms with Gasteiger partial charge in [-0.15, -0.1) is 0 Å². The van der Waals surface area contributed by atoms with Crippen LogP contribution >= 0.6 is 11.6 Å². The Kier molecular flexibility index (Phi) is 7.39. The molecule has 1 unspecified atom stereocenters. The molecule has 2 heteroatoms. The van der Waals surface area contributed by atoms with Gasteiger partial charge in [0.25, 0.3) is 0 Å². The number of hydrogen-bond donors (Lipinski definition) is 0. The van der Waals surface area contributed by atoms with Gasteiger partial charge in [0.05, 0.1) is 7.11 Å². The van der Waals surface area contributed by atoms with Crippen molar-refractivity contribution in [3.8, 4) is 16.9 Å². The number of ether oxygens (including phenoxy) is 1. The molecule has 4 rings (SSSR count). The van der Waals surface area contributed by atoms with E-state index in [1.54, 1.807) is 7.11 Å². The minimum Gasteiger partial charge on any atom is -0.496 e. The number of hydrogen-bond acceptors (Lipinski definition) is 1. The van der Waals surface area contributed by atoms with Crippen LogP contribution in [-0.4, -0.2) is 7.11 Å². The van der Waals surface area contributed by atoms with Crippen LogP contribution in [0.2, 0.25) is 5.02 Å². The molecular weight excluding hydrogens is 388 g/mol. The molecular formula is C28H31ClO. The summed E-state index contributed by atoms with van der Waals surface area (Å²) < 4.78 is 5.77. The largest absolute Gasteiger partial charge is 0.496 e. The predicted octanol–water partition coefficient (Wildman–Crippen LogP) is 8.68. The number of aryl methyl sites for hydroxylation is 1. The van der Waals surface area contributed by atoms with Gasteiger partial charge in [0.1, 0.15) is 5.75 Å². The molecule has 0 aromatic heterocycles. The summed E-state index contributed by atoms with van der Waals surface area (Å²) in [6, 6.07) is 21.0. The van der Waals surface area contributed by atoms with E-state index in [0.717, 1.165) is 28.3 Å². The molecule has 0 radical (unpaired) electrons. The summed E-state index contributed by atoms with van der Waals surface area (Å²) in [5.41, 5.74) is 8.35. The van der Waals surface area contributed by atoms with Crippen molar-refractivity contribution in [2.24, 2.45) is 0 Å². The number of methoxy groups -OCH3 is 1. The first kappa shape index (κ1) is 22.2. The lowest BCUT2D eigenvalue weighted by Gasteiger charge is -2.22. The molecule has 1 aliphatic carbocycles. The fourth-order valence-electron chi connectivity index (χ4n) is 4.07. The van der Waals surface area contributed by atoms with E-state index in [0.29, 0.717) is 0 Å². The molecule has 0 saturated carbocycles. The standard InChI is InChI=1S/C24H21ClO.C4H10/c1-15-7-6-10-21(24(15)26-3)22-13-16(2)18-8-4-5-9-19(18)20-12-11-17(25)14-23(20)22;1-3-4-2/h4-12,14,22H,2,13H2,1,3H3;3-4H2,1-2H3. The van der Waals surface area contributed by atoms with Gasteiger partial charge in [0.15, 0.2) is 0 Å². The lowest BCUT2D eigenvalue weighted by molar-refractivity contribution is 0.404. The summed E-state index contributed by atoms with van der Waals surface area (Å²) in [5.74, 6) is 1.10. The third-order valence-electron chi connectivity index (χ3n) is 5.76. The second-order valence-corrected chi connectivity index (χ2v) is 8.27. The van der Waals surface area contributed by atoms with E-state index in [4.69, 9.17) is 16.3 Å². The Morgan fingerprint density at radius 1 is 0.900 bits per heavy atom. The van der Waals surface area contributed by atoms with Gasteiger partial charge in [-0.05, 0) is 58.9 Å². The highest BCUT2D eigenvalue weighted by molar-refractivity contribution is 6.30. The van der Waals surface area contributed by atoms with E-state index in [1.165, 1.54) is 40.7 Å². The van der Waals surface area contributed by atoms with Gasteiger partial charge in [-0.1, -0.05) is 93.4 Å². The number of rotatable bonds is 3. The first-order valence-corrected chi connectivity index (χ1v) is 11.1. The highest BCUT2D eigenvalue weighted by atomic mass is 35.5. The maximum atomic E-state index is 6.40. The van der Waals surface area contributed by atoms with Crippen LogP contribution in [0, 0.1) is 6.92 Å². The molecule has 0 spiro atoms. The smallest absolute Gasteiger partial charge is 0.125 e. The lowest BCUT2D eigenvalue weighted by Crippen LogP contribution is -2.05. The van der Waals surface area contributed by atoms with E-state index in [2.05, 4.69) is 81.9 Å². The van der Waals surface area contributed by atoms with Crippen molar-refractivity contribution < 1.29 is 4.74 Å². The molecule has 0 bridgehead atoms. The van der Waals surface area contributed by atoms with Crippen LogP contribution in [0.5, 0.6) is 5.75 Å². The second kappa shape index (κ2) is 10.00. The monoisotopic (exact) mass is 418 g/mol. The molecule has 0 saturated heterocycles. The van der Waals surface area contributed by atoms with E-state index in [9.17, 15) is 0 Å². The molecule has 3 aromatic carbocycles. The Balaban J connectivity index is 0.000000589. The van der Waals surface area contributed by atoms with Crippen molar-refractivity contribution >= 4 is 17.2 Å². The molecule has 0 fully saturated rings. The van der Waals surface area contributed by atoms with Gasteiger partial charge >= 0.3 is 0 Å². The average Bonchev–Trinajstić information content (AvgIpc) is 2.88. The van der Waals surface area contributed by atoms with Crippen LogP contribution < -0.4 is 4.74 Å². The molecule has 0 amide bonds. The minimum absolute atomic E-state index is 0.151. The zero-order valence-corrected chi connectivity index (χ0v) is 19.2. The fraction of sp³-hybridized carbons (Fsp3) is 0.286. The summed E-state index contributed by atoms with van der Waals surface area (Å²) >= 11 is 6.40. The van der Waals surface area contributed by atoms with Crippen molar-refractivity contribution in [3.05, 3.63) is 94.5 Å². The Morgan fingerprint density at radius 2 is 1.60 bits per heavy atom. The maximum Gasteiger partial charge on any atom is 0.125 e. The van der Waals surface area contributed by atoms with Gasteiger partial charge in [0.2, 0.25) is 0 Å². The zero-order valence-electron chi connectivity index (χ0n) is 18.5. The average molecular weight is 419 g/mol. The predicted molar refractivity (Wildman–Crippen MR) is 131 cm³/mol. The third-order valence-corrected chi connectivity index (χ3v) is 5.99. The van der Waals surface area contributed by atoms with Gasteiger partial charge in [0, 0.05) is 16.5 Å². The second-order valence-electron chi connectivity index (χ2n) is 7.83. The number of unbranched alkanes of at least 4 members (excludes halogenated alkanes) is 1. The van der Waals surface area contributed by atoms with Crippen LogP contribution in [0.25, 0.3) is 16.7 Å². The van der Waals surface area contributed by atoms with E-state index in [1.807, 2.05) is 6.07 Å². The van der Waals surface area contributed by atoms with Gasteiger partial charge in [-0.3, -0.25) is 0 Å². The fourth-order valence-corrected chi connectivity index (χ4v) is 4.25. The SMILES string of the molecule is C=C1CC(c2cccc(C)c2OC)c2cc(Cl)ccc2-c2ccccc21.CCCC. The van der Waals surface area contributed by atoms with Crippen molar-refractivity contribution in [3.63, 3.8) is 0 Å². The highest BCUT2D eigenvalue weighted by Gasteiger charge is 2.28. The quantitative estimate of drug-likeness (QED) is 0.413. The molecule has 156 valence electrons. The number of para-hydroxylation sites is 1. The lowest BCUT2D eigenvalue weighted by atomic mass is 9.84. The number of fused-ring (bicyclic) bond motifs is 3. The molecule has 30 heavy (non-hydrogen) atoms. The normalized spacial score (nSPS) is 14.7. The van der Waals surface area contributed by atoms with Gasteiger partial charge < -0.3 is 4.74 Å². The van der Waals surface area contributed by atoms with Crippen LogP contribution in [-0.2, 0) is 0 Å². The van der Waals surface area contributed by atoms with Crippen LogP contribution in [0.3, 0.4) is 0 Å². The Morgan fingerprint density at radius 3 is 2.27 bits per heavy atom. The molecule has 3 aromatic rings. The number of allylic oxidation sites excluding steroid dienone is 1. The Labute approximate surface area is 186 Å². The van der Waals surface area contributed by atoms with Crippen molar-refractivity contribution in [1.29, 1.82) is 0 Å². The summed E-state index contributed by atoms with van der Waals surface area (Å²) in [6.07, 6.45) is 3.48. The Hall–Kier alpha value is -2.51. The van der Waals surface area contributed by atoms with Crippen molar-refractivity contribution in [2.45, 2.75) is 46.0 Å². The van der Waals surface area contributed by atoms with E-state index < -0.39 is 0 Å².